The predicted octanol–water partition coefficient (Wildman–Crippen LogP) is 1.92. The second kappa shape index (κ2) is 8.14. The largest absolute Gasteiger partial charge is 0.392 e. The van der Waals surface area contributed by atoms with E-state index in [0.717, 1.165) is 23.1 Å². The first kappa shape index (κ1) is 16.0. The molecule has 0 unspecified atom stereocenters. The average Bonchev–Trinajstić information content (AvgIpc) is 2.55. The summed E-state index contributed by atoms with van der Waals surface area (Å²) in [5, 5.41) is 14.9. The molecule has 2 rings (SSSR count). The van der Waals surface area contributed by atoms with Crippen LogP contribution in [0.25, 0.3) is 0 Å². The lowest BCUT2D eigenvalue weighted by atomic mass is 10.1. The zero-order chi connectivity index (χ0) is 15.8. The summed E-state index contributed by atoms with van der Waals surface area (Å²) in [6.45, 7) is 2.95. The van der Waals surface area contributed by atoms with E-state index in [1.54, 1.807) is 6.20 Å². The van der Waals surface area contributed by atoms with Crippen molar-refractivity contribution in [1.82, 2.24) is 15.6 Å². The number of aliphatic hydroxyl groups is 1. The predicted molar refractivity (Wildman–Crippen MR) is 85.3 cm³/mol. The fourth-order valence-corrected chi connectivity index (χ4v) is 2.22. The molecule has 2 aromatic rings. The normalized spacial score (nSPS) is 10.3. The molecule has 0 aliphatic rings. The number of aromatic nitrogens is 1. The van der Waals surface area contributed by atoms with Crippen LogP contribution in [-0.2, 0) is 19.6 Å². The van der Waals surface area contributed by atoms with Crippen molar-refractivity contribution in [1.29, 1.82) is 0 Å². The van der Waals surface area contributed by atoms with E-state index in [1.807, 2.05) is 43.5 Å². The number of carbonyl (C=O) groups is 1. The summed E-state index contributed by atoms with van der Waals surface area (Å²) in [6.07, 6.45) is 4.35. The maximum atomic E-state index is 11.8. The lowest BCUT2D eigenvalue weighted by molar-refractivity contribution is 0.240. The molecule has 1 aromatic carbocycles. The molecule has 5 heteroatoms. The number of benzene rings is 1. The third kappa shape index (κ3) is 4.56. The highest BCUT2D eigenvalue weighted by molar-refractivity contribution is 5.73. The molecule has 0 fully saturated rings. The number of amides is 2. The maximum absolute atomic E-state index is 11.8. The second-order valence-electron chi connectivity index (χ2n) is 5.09. The minimum absolute atomic E-state index is 0.0270. The lowest BCUT2D eigenvalue weighted by Crippen LogP contribution is -2.36. The number of aryl methyl sites for hydroxylation is 1. The Balaban J connectivity index is 1.75. The van der Waals surface area contributed by atoms with Crippen molar-refractivity contribution < 1.29 is 9.90 Å². The zero-order valence-corrected chi connectivity index (χ0v) is 12.7. The number of rotatable bonds is 6. The van der Waals surface area contributed by atoms with Gasteiger partial charge in [-0.3, -0.25) is 4.98 Å². The van der Waals surface area contributed by atoms with Gasteiger partial charge < -0.3 is 15.7 Å². The summed E-state index contributed by atoms with van der Waals surface area (Å²) in [6, 6.07) is 9.26. The van der Waals surface area contributed by atoms with Gasteiger partial charge in [-0.1, -0.05) is 24.3 Å². The van der Waals surface area contributed by atoms with Crippen LogP contribution in [0.3, 0.4) is 0 Å². The molecule has 116 valence electrons. The third-order valence-electron chi connectivity index (χ3n) is 3.54. The Hall–Kier alpha value is -2.40. The summed E-state index contributed by atoms with van der Waals surface area (Å²) in [5.74, 6) is 0. The highest BCUT2D eigenvalue weighted by atomic mass is 16.3. The first-order valence-electron chi connectivity index (χ1n) is 7.29. The summed E-state index contributed by atoms with van der Waals surface area (Å²) in [4.78, 5) is 15.8. The second-order valence-corrected chi connectivity index (χ2v) is 5.09. The van der Waals surface area contributed by atoms with Crippen LogP contribution in [0, 0.1) is 6.92 Å². The Bertz CT molecular complexity index is 629. The molecule has 0 bridgehead atoms. The molecule has 0 atom stereocenters. The Morgan fingerprint density at radius 2 is 1.91 bits per heavy atom. The van der Waals surface area contributed by atoms with Crippen molar-refractivity contribution in [3.05, 3.63) is 65.0 Å². The zero-order valence-electron chi connectivity index (χ0n) is 12.7. The molecule has 2 amide bonds. The molecule has 22 heavy (non-hydrogen) atoms. The van der Waals surface area contributed by atoms with Crippen LogP contribution in [0.1, 0.15) is 22.3 Å². The van der Waals surface area contributed by atoms with Crippen molar-refractivity contribution in [3.63, 3.8) is 0 Å². The van der Waals surface area contributed by atoms with E-state index in [4.69, 9.17) is 0 Å². The van der Waals surface area contributed by atoms with Crippen molar-refractivity contribution >= 4 is 6.03 Å². The summed E-state index contributed by atoms with van der Waals surface area (Å²) >= 11 is 0. The summed E-state index contributed by atoms with van der Waals surface area (Å²) < 4.78 is 0. The van der Waals surface area contributed by atoms with Gasteiger partial charge in [0.1, 0.15) is 0 Å². The molecule has 1 heterocycles. The average molecular weight is 299 g/mol. The van der Waals surface area contributed by atoms with Gasteiger partial charge >= 0.3 is 6.03 Å². The van der Waals surface area contributed by atoms with Crippen LogP contribution < -0.4 is 10.6 Å². The molecule has 0 aliphatic carbocycles. The van der Waals surface area contributed by atoms with Crippen LogP contribution in [0.5, 0.6) is 0 Å². The van der Waals surface area contributed by atoms with Crippen molar-refractivity contribution in [3.8, 4) is 0 Å². The van der Waals surface area contributed by atoms with Crippen molar-refractivity contribution in [2.45, 2.75) is 26.5 Å². The monoisotopic (exact) mass is 299 g/mol. The van der Waals surface area contributed by atoms with Gasteiger partial charge in [-0.15, -0.1) is 0 Å². The first-order valence-corrected chi connectivity index (χ1v) is 7.29. The number of nitrogens with zero attached hydrogens (tertiary/aromatic N) is 1. The number of aliphatic hydroxyl groups excluding tert-OH is 1. The highest BCUT2D eigenvalue weighted by Gasteiger charge is 2.04. The van der Waals surface area contributed by atoms with E-state index in [1.165, 1.54) is 5.56 Å². The molecule has 1 aromatic heterocycles. The number of urea groups is 1. The van der Waals surface area contributed by atoms with Crippen molar-refractivity contribution in [2.75, 3.05) is 6.54 Å². The summed E-state index contributed by atoms with van der Waals surface area (Å²) in [7, 11) is 0. The number of carbonyl (C=O) groups excluding carboxylic acids is 1. The molecule has 3 N–H and O–H groups in total. The lowest BCUT2D eigenvalue weighted by Gasteiger charge is -2.10. The van der Waals surface area contributed by atoms with Crippen LogP contribution in [0.15, 0.2) is 42.7 Å². The molecule has 0 aliphatic heterocycles. The van der Waals surface area contributed by atoms with Crippen LogP contribution in [0.4, 0.5) is 4.79 Å². The van der Waals surface area contributed by atoms with Gasteiger partial charge in [-0.05, 0) is 41.7 Å². The number of hydrogen-bond acceptors (Lipinski definition) is 3. The van der Waals surface area contributed by atoms with E-state index >= 15 is 0 Å². The SMILES string of the molecule is Cc1cnccc1CCNC(=O)NCc1ccccc1CO. The fourth-order valence-electron chi connectivity index (χ4n) is 2.22. The van der Waals surface area contributed by atoms with Crippen LogP contribution >= 0.6 is 0 Å². The Morgan fingerprint density at radius 3 is 2.64 bits per heavy atom. The van der Waals surface area contributed by atoms with Gasteiger partial charge in [0.15, 0.2) is 0 Å². The van der Waals surface area contributed by atoms with Crippen LogP contribution in [-0.4, -0.2) is 22.7 Å². The minimum atomic E-state index is -0.209. The number of nitrogens with one attached hydrogen (secondary N) is 2. The molecular weight excluding hydrogens is 278 g/mol. The van der Waals surface area contributed by atoms with Gasteiger partial charge in [0, 0.05) is 25.5 Å². The number of hydrogen-bond donors (Lipinski definition) is 3. The van der Waals surface area contributed by atoms with E-state index in [2.05, 4.69) is 15.6 Å². The van der Waals surface area contributed by atoms with Gasteiger partial charge in [0.25, 0.3) is 0 Å². The Kier molecular flexibility index (Phi) is 5.91. The van der Waals surface area contributed by atoms with Gasteiger partial charge in [-0.2, -0.15) is 0 Å². The number of pyridine rings is 1. The minimum Gasteiger partial charge on any atom is -0.392 e. The Labute approximate surface area is 130 Å². The quantitative estimate of drug-likeness (QED) is 0.763. The van der Waals surface area contributed by atoms with E-state index in [0.29, 0.717) is 13.1 Å². The smallest absolute Gasteiger partial charge is 0.315 e. The van der Waals surface area contributed by atoms with Gasteiger partial charge in [-0.25, -0.2) is 4.79 Å². The standard InChI is InChI=1S/C17H21N3O2/c1-13-10-18-8-6-14(13)7-9-19-17(22)20-11-15-4-2-3-5-16(15)12-21/h2-6,8,10,21H,7,9,11-12H2,1H3,(H2,19,20,22). The third-order valence-corrected chi connectivity index (χ3v) is 3.54. The topological polar surface area (TPSA) is 74.2 Å². The van der Waals surface area contributed by atoms with Gasteiger partial charge in [0.05, 0.1) is 6.61 Å². The Morgan fingerprint density at radius 1 is 1.14 bits per heavy atom. The van der Waals surface area contributed by atoms with Crippen molar-refractivity contribution in [2.24, 2.45) is 0 Å². The fraction of sp³-hybridized carbons (Fsp3) is 0.294. The highest BCUT2D eigenvalue weighted by Crippen LogP contribution is 2.08. The molecule has 0 saturated heterocycles. The molecule has 0 spiro atoms. The van der Waals surface area contributed by atoms with E-state index in [9.17, 15) is 9.90 Å². The molecular formula is C17H21N3O2. The first-order chi connectivity index (χ1) is 10.7. The molecule has 0 saturated carbocycles. The molecule has 0 radical (unpaired) electrons. The maximum Gasteiger partial charge on any atom is 0.315 e. The van der Waals surface area contributed by atoms with E-state index < -0.39 is 0 Å². The van der Waals surface area contributed by atoms with Crippen LogP contribution in [0.2, 0.25) is 0 Å². The summed E-state index contributed by atoms with van der Waals surface area (Å²) in [5.41, 5.74) is 4.06. The van der Waals surface area contributed by atoms with Gasteiger partial charge in [0.2, 0.25) is 0 Å². The molecule has 5 nitrogen and oxygen atoms in total. The van der Waals surface area contributed by atoms with E-state index in [-0.39, 0.29) is 12.6 Å².